The van der Waals surface area contributed by atoms with E-state index < -0.39 is 47.0 Å². The van der Waals surface area contributed by atoms with Crippen molar-refractivity contribution >= 4 is 45.5 Å². The molecule has 0 spiro atoms. The number of anilines is 1. The smallest absolute Gasteiger partial charge is 0.258 e. The number of carbonyl (C=O) groups excluding carboxylic acids is 3. The van der Waals surface area contributed by atoms with E-state index in [2.05, 4.69) is 25.9 Å². The predicted octanol–water partition coefficient (Wildman–Crippen LogP) is 5.93. The summed E-state index contributed by atoms with van der Waals surface area (Å²) < 4.78 is 32.4. The molecular weight excluding hydrogens is 796 g/mol. The molecule has 1 aliphatic carbocycles. The average molecular weight is 849 g/mol. The van der Waals surface area contributed by atoms with Gasteiger partial charge in [0, 0.05) is 49.1 Å². The van der Waals surface area contributed by atoms with Crippen molar-refractivity contribution in [2.45, 2.75) is 90.2 Å². The maximum Gasteiger partial charge on any atom is 0.258 e. The third-order valence-corrected chi connectivity index (χ3v) is 12.7. The summed E-state index contributed by atoms with van der Waals surface area (Å²) in [6.45, 7) is 11.4. The van der Waals surface area contributed by atoms with Crippen molar-refractivity contribution in [2.24, 2.45) is 5.41 Å². The van der Waals surface area contributed by atoms with Gasteiger partial charge in [0.25, 0.3) is 5.91 Å². The van der Waals surface area contributed by atoms with Crippen LogP contribution in [0, 0.1) is 12.3 Å². The number of likely N-dealkylation sites (tertiary alicyclic amines) is 1. The van der Waals surface area contributed by atoms with E-state index in [0.29, 0.717) is 19.0 Å². The Labute approximate surface area is 352 Å². The zero-order valence-electron chi connectivity index (χ0n) is 34.0. The number of carbonyl (C=O) groups is 3. The van der Waals surface area contributed by atoms with Gasteiger partial charge in [0.05, 0.1) is 54.3 Å². The molecule has 2 aliphatic heterocycles. The van der Waals surface area contributed by atoms with E-state index in [1.807, 2.05) is 49.4 Å². The van der Waals surface area contributed by atoms with Crippen LogP contribution in [-0.4, -0.2) is 108 Å². The summed E-state index contributed by atoms with van der Waals surface area (Å²) in [4.78, 5) is 54.1. The van der Waals surface area contributed by atoms with Crippen molar-refractivity contribution in [1.29, 1.82) is 0 Å². The molecule has 0 bridgehead atoms. The van der Waals surface area contributed by atoms with Gasteiger partial charge in [0.1, 0.15) is 23.6 Å². The van der Waals surface area contributed by atoms with Gasteiger partial charge in [-0.15, -0.1) is 22.7 Å². The van der Waals surface area contributed by atoms with Crippen LogP contribution in [-0.2, 0) is 25.7 Å². The lowest BCUT2D eigenvalue weighted by Gasteiger charge is -2.35. The summed E-state index contributed by atoms with van der Waals surface area (Å²) in [5.74, 6) is -0.402. The van der Waals surface area contributed by atoms with Crippen LogP contribution in [0.25, 0.3) is 21.7 Å². The topological polar surface area (TPSA) is 155 Å². The van der Waals surface area contributed by atoms with E-state index in [1.165, 1.54) is 16.2 Å². The van der Waals surface area contributed by atoms with Gasteiger partial charge >= 0.3 is 0 Å². The highest BCUT2D eigenvalue weighted by Crippen LogP contribution is 2.40. The third kappa shape index (κ3) is 10.4. The van der Waals surface area contributed by atoms with Crippen LogP contribution in [0.15, 0.2) is 53.4 Å². The molecule has 2 aromatic carbocycles. The standard InChI is InChI=1S/C43H53FN6O7S2/c1-27-36(59-26-46-27)29-7-8-30(23-45-38(52)34-22-31(51)24-50(34)39(53)37(42(2,3)4)48-40(54)43(44)13-14-43)35(21-29)57-18-6-5-17-56-32-11-9-28(10-12-32)33-25-58-41(47-33)49-15-19-55-20-16-49/h7-12,21,25-26,31,34,37,51H,5-6,13-20,22-24H2,1-4H3,(H,45,52)(H,48,54). The van der Waals surface area contributed by atoms with Crippen LogP contribution in [0.3, 0.4) is 0 Å². The normalized spacial score (nSPS) is 19.3. The highest BCUT2D eigenvalue weighted by molar-refractivity contribution is 7.14. The molecule has 16 heteroatoms. The lowest BCUT2D eigenvalue weighted by Crippen LogP contribution is -2.59. The van der Waals surface area contributed by atoms with Crippen LogP contribution < -0.4 is 25.0 Å². The fraction of sp³-hybridized carbons (Fsp3) is 0.512. The molecule has 4 aromatic rings. The summed E-state index contributed by atoms with van der Waals surface area (Å²) in [6, 6.07) is 11.8. The number of aromatic nitrogens is 2. The molecule has 3 aliphatic rings. The zero-order valence-corrected chi connectivity index (χ0v) is 35.6. The molecule has 3 fully saturated rings. The van der Waals surface area contributed by atoms with Crippen molar-refractivity contribution in [2.75, 3.05) is 51.0 Å². The number of rotatable bonds is 16. The SMILES string of the molecule is Cc1ncsc1-c1ccc(CNC(=O)C2CC(O)CN2C(=O)C(NC(=O)C2(F)CC2)C(C)(C)C)c(OCCCCOc2ccc(-c3csc(N4CCOCC4)n3)cc2)c1. The Hall–Kier alpha value is -4.64. The van der Waals surface area contributed by atoms with Gasteiger partial charge in [0.2, 0.25) is 11.8 Å². The summed E-state index contributed by atoms with van der Waals surface area (Å²) in [7, 11) is 0. The predicted molar refractivity (Wildman–Crippen MR) is 226 cm³/mol. The van der Waals surface area contributed by atoms with E-state index in [9.17, 15) is 23.9 Å². The van der Waals surface area contributed by atoms with Crippen LogP contribution in [0.5, 0.6) is 11.5 Å². The average Bonchev–Trinajstić information content (AvgIpc) is 3.54. The Morgan fingerprint density at radius 2 is 1.75 bits per heavy atom. The molecule has 59 heavy (non-hydrogen) atoms. The molecule has 13 nitrogen and oxygen atoms in total. The van der Waals surface area contributed by atoms with Crippen LogP contribution in [0.4, 0.5) is 9.52 Å². The first-order valence-corrected chi connectivity index (χ1v) is 22.0. The fourth-order valence-corrected chi connectivity index (χ4v) is 8.86. The van der Waals surface area contributed by atoms with E-state index in [4.69, 9.17) is 19.2 Å². The zero-order chi connectivity index (χ0) is 41.7. The second kappa shape index (κ2) is 18.3. The third-order valence-electron chi connectivity index (χ3n) is 10.9. The number of aliphatic hydroxyl groups is 1. The van der Waals surface area contributed by atoms with Gasteiger partial charge in [-0.2, -0.15) is 0 Å². The van der Waals surface area contributed by atoms with Crippen molar-refractivity contribution in [3.05, 3.63) is 64.6 Å². The first-order chi connectivity index (χ1) is 28.3. The molecule has 0 radical (unpaired) electrons. The Kier molecular flexibility index (Phi) is 13.2. The van der Waals surface area contributed by atoms with Crippen molar-refractivity contribution in [3.8, 4) is 33.2 Å². The van der Waals surface area contributed by atoms with Crippen molar-refractivity contribution in [1.82, 2.24) is 25.5 Å². The summed E-state index contributed by atoms with van der Waals surface area (Å²) in [6.07, 6.45) is 0.823. The number of ether oxygens (including phenoxy) is 3. The van der Waals surface area contributed by atoms with Gasteiger partial charge in [0.15, 0.2) is 10.8 Å². The molecule has 1 saturated carbocycles. The lowest BCUT2D eigenvalue weighted by molar-refractivity contribution is -0.145. The molecule has 4 heterocycles. The maximum atomic E-state index is 14.6. The second-order valence-electron chi connectivity index (χ2n) is 16.5. The van der Waals surface area contributed by atoms with Gasteiger partial charge in [-0.3, -0.25) is 14.4 Å². The van der Waals surface area contributed by atoms with Crippen LogP contribution >= 0.6 is 22.7 Å². The van der Waals surface area contributed by atoms with E-state index in [-0.39, 0.29) is 32.4 Å². The van der Waals surface area contributed by atoms with Gasteiger partial charge in [-0.1, -0.05) is 32.9 Å². The number of nitrogens with zero attached hydrogens (tertiary/aromatic N) is 4. The number of amides is 3. The number of nitrogens with one attached hydrogen (secondary N) is 2. The van der Waals surface area contributed by atoms with Crippen LogP contribution in [0.1, 0.15) is 64.1 Å². The van der Waals surface area contributed by atoms with Gasteiger partial charge in [-0.05, 0) is 73.9 Å². The summed E-state index contributed by atoms with van der Waals surface area (Å²) >= 11 is 3.18. The largest absolute Gasteiger partial charge is 0.494 e. The number of hydrogen-bond donors (Lipinski definition) is 3. The first-order valence-electron chi connectivity index (χ1n) is 20.2. The highest BCUT2D eigenvalue weighted by Gasteiger charge is 2.53. The monoisotopic (exact) mass is 848 g/mol. The second-order valence-corrected chi connectivity index (χ2v) is 18.2. The quantitative estimate of drug-likeness (QED) is 0.116. The summed E-state index contributed by atoms with van der Waals surface area (Å²) in [5.41, 5.74) is 3.65. The number of halogens is 1. The first kappa shape index (κ1) is 42.5. The Bertz CT molecular complexity index is 2090. The van der Waals surface area contributed by atoms with Gasteiger partial charge in [-0.25, -0.2) is 14.4 Å². The number of β-amino-alcohol motifs (C(OH)–C–C–N with tert-alkyl or cyclic N) is 1. The Balaban J connectivity index is 0.935. The fourth-order valence-electron chi connectivity index (χ4n) is 7.17. The minimum absolute atomic E-state index is 0.0383. The van der Waals surface area contributed by atoms with E-state index >= 15 is 0 Å². The highest BCUT2D eigenvalue weighted by atomic mass is 32.1. The number of unbranched alkanes of at least 4 members (excludes halogenated alkanes) is 1. The molecule has 3 amide bonds. The van der Waals surface area contributed by atoms with Crippen LogP contribution in [0.2, 0.25) is 0 Å². The number of alkyl halides is 1. The minimum Gasteiger partial charge on any atom is -0.494 e. The van der Waals surface area contributed by atoms with E-state index in [1.54, 1.807) is 37.6 Å². The Morgan fingerprint density at radius 3 is 2.42 bits per heavy atom. The number of morpholine rings is 1. The minimum atomic E-state index is -1.96. The number of aryl methyl sites for hydroxylation is 1. The molecule has 7 rings (SSSR count). The number of benzene rings is 2. The van der Waals surface area contributed by atoms with Crippen molar-refractivity contribution < 1.29 is 38.1 Å². The molecule has 2 aromatic heterocycles. The molecule has 2 saturated heterocycles. The summed E-state index contributed by atoms with van der Waals surface area (Å²) in [5, 5.41) is 19.3. The number of aliphatic hydroxyl groups excluding tert-OH is 1. The van der Waals surface area contributed by atoms with Crippen molar-refractivity contribution in [3.63, 3.8) is 0 Å². The lowest BCUT2D eigenvalue weighted by atomic mass is 9.85. The molecule has 3 atom stereocenters. The van der Waals surface area contributed by atoms with Gasteiger partial charge < -0.3 is 39.8 Å². The number of thiazole rings is 2. The molecule has 3 unspecified atom stereocenters. The molecule has 316 valence electrons. The number of hydrogen-bond acceptors (Lipinski definition) is 12. The molecular formula is C43H53FN6O7S2. The maximum absolute atomic E-state index is 14.6. The van der Waals surface area contributed by atoms with E-state index in [0.717, 1.165) is 83.0 Å². The molecule has 3 N–H and O–H groups in total. The Morgan fingerprint density at radius 1 is 1.03 bits per heavy atom.